The first-order valence-electron chi connectivity index (χ1n) is 22.3. The fourth-order valence-electron chi connectivity index (χ4n) is 6.25. The van der Waals surface area contributed by atoms with Crippen LogP contribution in [-0.4, -0.2) is 26.2 Å². The molecule has 1 rings (SSSR count). The number of hydrogen-bond acceptors (Lipinski definition) is 4. The summed E-state index contributed by atoms with van der Waals surface area (Å²) >= 11 is 0. The Morgan fingerprint density at radius 1 is 0.615 bits per heavy atom. The van der Waals surface area contributed by atoms with E-state index < -0.39 is 0 Å². The molecule has 1 aliphatic rings. The van der Waals surface area contributed by atoms with E-state index in [1.807, 2.05) is 13.8 Å². The Bertz CT molecular complexity index is 747. The zero-order valence-corrected chi connectivity index (χ0v) is 37.7. The summed E-state index contributed by atoms with van der Waals surface area (Å²) in [6.45, 7) is 41.7. The number of nitrogens with one attached hydrogen (secondary N) is 3. The van der Waals surface area contributed by atoms with Crippen LogP contribution in [0.5, 0.6) is 0 Å². The molecule has 0 spiro atoms. The highest BCUT2D eigenvalue weighted by atomic mass is 14.9. The molecule has 0 aliphatic heterocycles. The van der Waals surface area contributed by atoms with Gasteiger partial charge >= 0.3 is 0 Å². The molecule has 0 saturated heterocycles. The Morgan fingerprint density at radius 3 is 1.38 bits per heavy atom. The molecule has 0 bridgehead atoms. The second-order valence-corrected chi connectivity index (χ2v) is 16.2. The third kappa shape index (κ3) is 48.3. The molecular weight excluding hydrogens is 633 g/mol. The number of hydrogen-bond donors (Lipinski definition) is 4. The van der Waals surface area contributed by atoms with Crippen molar-refractivity contribution >= 4 is 0 Å². The molecule has 0 aromatic rings. The first-order chi connectivity index (χ1) is 24.8. The van der Waals surface area contributed by atoms with Crippen molar-refractivity contribution in [3.8, 4) is 0 Å². The number of allylic oxidation sites excluding steroid dienone is 3. The summed E-state index contributed by atoms with van der Waals surface area (Å²) in [6, 6.07) is 0. The molecule has 2 atom stereocenters. The number of unbranched alkanes of at least 4 members (excludes halogenated alkanes) is 12. The summed E-state index contributed by atoms with van der Waals surface area (Å²) in [5, 5.41) is 10.0. The van der Waals surface area contributed by atoms with Crippen LogP contribution in [0.1, 0.15) is 217 Å². The van der Waals surface area contributed by atoms with Crippen molar-refractivity contribution in [2.24, 2.45) is 23.0 Å². The van der Waals surface area contributed by atoms with Crippen LogP contribution in [-0.2, 0) is 0 Å². The summed E-state index contributed by atoms with van der Waals surface area (Å²) in [5.74, 6) is 1.97. The van der Waals surface area contributed by atoms with Crippen molar-refractivity contribution in [3.63, 3.8) is 0 Å². The minimum Gasteiger partial charge on any atom is -0.405 e. The van der Waals surface area contributed by atoms with Crippen LogP contribution in [0.4, 0.5) is 0 Å². The van der Waals surface area contributed by atoms with Crippen LogP contribution in [0.25, 0.3) is 0 Å². The molecule has 52 heavy (non-hydrogen) atoms. The van der Waals surface area contributed by atoms with Crippen molar-refractivity contribution in [2.45, 2.75) is 217 Å². The Hall–Kier alpha value is -1.68. The van der Waals surface area contributed by atoms with Crippen LogP contribution in [0.3, 0.4) is 0 Å². The molecule has 0 amide bonds. The van der Waals surface area contributed by atoms with E-state index in [0.29, 0.717) is 5.41 Å². The van der Waals surface area contributed by atoms with Crippen LogP contribution >= 0.6 is 0 Å². The van der Waals surface area contributed by atoms with Gasteiger partial charge in [-0.25, -0.2) is 0 Å². The van der Waals surface area contributed by atoms with Crippen molar-refractivity contribution in [2.75, 3.05) is 26.2 Å². The quantitative estimate of drug-likeness (QED) is 0.0478. The lowest BCUT2D eigenvalue weighted by molar-refractivity contribution is 0.229. The van der Waals surface area contributed by atoms with Gasteiger partial charge in [0.05, 0.1) is 0 Å². The molecule has 2 unspecified atom stereocenters. The largest absolute Gasteiger partial charge is 0.405 e. The van der Waals surface area contributed by atoms with Gasteiger partial charge in [0.15, 0.2) is 0 Å². The van der Waals surface area contributed by atoms with Crippen molar-refractivity contribution < 1.29 is 0 Å². The van der Waals surface area contributed by atoms with Crippen molar-refractivity contribution in [1.82, 2.24) is 16.0 Å². The van der Waals surface area contributed by atoms with Gasteiger partial charge in [0.25, 0.3) is 0 Å². The molecule has 0 heterocycles. The number of rotatable bonds is 28. The summed E-state index contributed by atoms with van der Waals surface area (Å²) in [5.41, 5.74) is 8.73. The van der Waals surface area contributed by atoms with Gasteiger partial charge in [-0.05, 0) is 108 Å². The highest BCUT2D eigenvalue weighted by Crippen LogP contribution is 2.47. The molecule has 0 aromatic carbocycles. The Labute approximate surface area is 330 Å². The third-order valence-electron chi connectivity index (χ3n) is 9.87. The summed E-state index contributed by atoms with van der Waals surface area (Å²) in [6.07, 6.45) is 32.4. The molecule has 1 fully saturated rings. The predicted octanol–water partition coefficient (Wildman–Crippen LogP) is 14.8. The fraction of sp³-hybridized carbons (Fsp3) is 0.833. The van der Waals surface area contributed by atoms with Gasteiger partial charge in [-0.2, -0.15) is 0 Å². The smallest absolute Gasteiger partial charge is 0.0143 e. The van der Waals surface area contributed by atoms with E-state index in [2.05, 4.69) is 103 Å². The van der Waals surface area contributed by atoms with Gasteiger partial charge in [-0.1, -0.05) is 171 Å². The van der Waals surface area contributed by atoms with E-state index in [4.69, 9.17) is 0 Å². The molecule has 5 N–H and O–H groups in total. The topological polar surface area (TPSA) is 62.1 Å². The van der Waals surface area contributed by atoms with Gasteiger partial charge in [0, 0.05) is 24.5 Å². The minimum absolute atomic E-state index is 0.615. The maximum atomic E-state index is 4.61. The van der Waals surface area contributed by atoms with E-state index in [9.17, 15) is 0 Å². The highest BCUT2D eigenvalue weighted by molar-refractivity contribution is 4.95. The lowest BCUT2D eigenvalue weighted by Crippen LogP contribution is -2.18. The van der Waals surface area contributed by atoms with E-state index in [0.717, 1.165) is 56.3 Å². The van der Waals surface area contributed by atoms with Gasteiger partial charge in [0.1, 0.15) is 0 Å². The third-order valence-corrected chi connectivity index (χ3v) is 9.87. The van der Waals surface area contributed by atoms with Crippen molar-refractivity contribution in [3.05, 3.63) is 49.5 Å². The second kappa shape index (κ2) is 45.5. The molecule has 4 heteroatoms. The second-order valence-electron chi connectivity index (χ2n) is 16.2. The molecule has 312 valence electrons. The van der Waals surface area contributed by atoms with Crippen LogP contribution < -0.4 is 21.7 Å². The maximum Gasteiger partial charge on any atom is 0.0143 e. The lowest BCUT2D eigenvalue weighted by Gasteiger charge is -2.27. The molecule has 1 aliphatic carbocycles. The van der Waals surface area contributed by atoms with Crippen LogP contribution in [0, 0.1) is 17.3 Å². The first kappa shape index (κ1) is 57.0. The average molecular weight is 733 g/mol. The lowest BCUT2D eigenvalue weighted by atomic mass is 9.79. The SMILES string of the molecule is C=C(C)C.C=C(CCCC(=C)NCCCCCCC)NCCC.C=CN.CCCCCCCCCCCC1CCC(C)(C)C1C.CCCNCCC. The zero-order valence-electron chi connectivity index (χ0n) is 37.7. The Morgan fingerprint density at radius 2 is 1.00 bits per heavy atom. The maximum absolute atomic E-state index is 4.61. The summed E-state index contributed by atoms with van der Waals surface area (Å²) in [4.78, 5) is 0. The van der Waals surface area contributed by atoms with Crippen LogP contribution in [0.15, 0.2) is 49.5 Å². The van der Waals surface area contributed by atoms with Crippen LogP contribution in [0.2, 0.25) is 0 Å². The zero-order chi connectivity index (χ0) is 40.3. The predicted molar refractivity (Wildman–Crippen MR) is 243 cm³/mol. The summed E-state index contributed by atoms with van der Waals surface area (Å²) in [7, 11) is 0. The van der Waals surface area contributed by atoms with E-state index >= 15 is 0 Å². The monoisotopic (exact) mass is 733 g/mol. The van der Waals surface area contributed by atoms with E-state index in [1.165, 1.54) is 153 Å². The normalized spacial score (nSPS) is 15.2. The van der Waals surface area contributed by atoms with Gasteiger partial charge < -0.3 is 21.7 Å². The summed E-state index contributed by atoms with van der Waals surface area (Å²) < 4.78 is 0. The molecule has 0 radical (unpaired) electrons. The van der Waals surface area contributed by atoms with E-state index in [-0.39, 0.29) is 0 Å². The standard InChI is InChI=1S/C19H38.C17H34N2.C6H15N.C4H8.C2H5N/c1-5-6-7-8-9-10-11-12-13-14-18-15-16-19(3,4)17(18)2;1-5-7-8-9-10-15-19-17(4)13-11-12-16(3)18-14-6-2;1-3-5-7-6-4-2;1-4(2)3;1-2-3/h17-18H,5-16H2,1-4H3;18-19H,3-15H2,1-2H3;7H,3-6H2,1-2H3;1H2,2-3H3;2H,1,3H2. The van der Waals surface area contributed by atoms with E-state index in [1.54, 1.807) is 0 Å². The molecule has 1 saturated carbocycles. The first-order valence-corrected chi connectivity index (χ1v) is 22.3. The minimum atomic E-state index is 0.615. The van der Waals surface area contributed by atoms with Gasteiger partial charge in [0.2, 0.25) is 0 Å². The molecule has 4 nitrogen and oxygen atoms in total. The van der Waals surface area contributed by atoms with Crippen molar-refractivity contribution in [1.29, 1.82) is 0 Å². The fourth-order valence-corrected chi connectivity index (χ4v) is 6.25. The Kier molecular flexibility index (Phi) is 49.9. The highest BCUT2D eigenvalue weighted by Gasteiger charge is 2.37. The number of nitrogens with two attached hydrogens (primary N) is 1. The van der Waals surface area contributed by atoms with Gasteiger partial charge in [-0.3, -0.25) is 0 Å². The Balaban J connectivity index is -0.000000326. The average Bonchev–Trinajstić information content (AvgIpc) is 3.36. The molecule has 0 aromatic heterocycles. The van der Waals surface area contributed by atoms with Gasteiger partial charge in [-0.15, -0.1) is 6.58 Å². The molecular formula is C48H100N4.